The van der Waals surface area contributed by atoms with Gasteiger partial charge in [-0.15, -0.1) is 11.3 Å². The SMILES string of the molecule is CC(C(=O)O)C1CN(Cc2ccc(Br)s2)C1. The highest BCUT2D eigenvalue weighted by atomic mass is 79.9. The van der Waals surface area contributed by atoms with Gasteiger partial charge in [-0.25, -0.2) is 0 Å². The van der Waals surface area contributed by atoms with Gasteiger partial charge in [0, 0.05) is 24.5 Å². The van der Waals surface area contributed by atoms with Crippen LogP contribution < -0.4 is 0 Å². The lowest BCUT2D eigenvalue weighted by Gasteiger charge is -2.41. The van der Waals surface area contributed by atoms with Gasteiger partial charge in [-0.2, -0.15) is 0 Å². The van der Waals surface area contributed by atoms with E-state index in [9.17, 15) is 4.79 Å². The Morgan fingerprint density at radius 1 is 1.69 bits per heavy atom. The molecule has 2 heterocycles. The van der Waals surface area contributed by atoms with Crippen LogP contribution in [0.3, 0.4) is 0 Å². The fourth-order valence-corrected chi connectivity index (χ4v) is 3.44. The summed E-state index contributed by atoms with van der Waals surface area (Å²) >= 11 is 5.18. The number of halogens is 1. The number of rotatable bonds is 4. The van der Waals surface area contributed by atoms with Crippen LogP contribution >= 0.6 is 27.3 Å². The highest BCUT2D eigenvalue weighted by Crippen LogP contribution is 2.29. The van der Waals surface area contributed by atoms with Crippen molar-refractivity contribution in [3.8, 4) is 0 Å². The number of carboxylic acids is 1. The van der Waals surface area contributed by atoms with Gasteiger partial charge in [-0.1, -0.05) is 6.92 Å². The number of hydrogen-bond donors (Lipinski definition) is 1. The van der Waals surface area contributed by atoms with E-state index in [2.05, 4.69) is 33.0 Å². The second kappa shape index (κ2) is 4.85. The average molecular weight is 304 g/mol. The summed E-state index contributed by atoms with van der Waals surface area (Å²) in [4.78, 5) is 14.4. The zero-order chi connectivity index (χ0) is 11.7. The second-order valence-corrected chi connectivity index (χ2v) is 6.83. The fourth-order valence-electron chi connectivity index (χ4n) is 1.91. The number of nitrogens with zero attached hydrogens (tertiary/aromatic N) is 1. The zero-order valence-electron chi connectivity index (χ0n) is 9.02. The Morgan fingerprint density at radius 3 is 2.88 bits per heavy atom. The lowest BCUT2D eigenvalue weighted by atomic mass is 9.87. The Labute approximate surface area is 107 Å². The van der Waals surface area contributed by atoms with Crippen LogP contribution in [-0.2, 0) is 11.3 Å². The molecule has 88 valence electrons. The minimum atomic E-state index is -0.677. The van der Waals surface area contributed by atoms with Gasteiger partial charge >= 0.3 is 5.97 Å². The van der Waals surface area contributed by atoms with E-state index in [1.165, 1.54) is 4.88 Å². The monoisotopic (exact) mass is 303 g/mol. The van der Waals surface area contributed by atoms with Crippen LogP contribution in [0.2, 0.25) is 0 Å². The van der Waals surface area contributed by atoms with E-state index in [1.807, 2.05) is 0 Å². The van der Waals surface area contributed by atoms with Crippen LogP contribution in [0.15, 0.2) is 15.9 Å². The lowest BCUT2D eigenvalue weighted by Crippen LogP contribution is -2.50. The molecule has 1 N–H and O–H groups in total. The van der Waals surface area contributed by atoms with Crippen LogP contribution in [0, 0.1) is 11.8 Å². The van der Waals surface area contributed by atoms with Gasteiger partial charge in [0.25, 0.3) is 0 Å². The van der Waals surface area contributed by atoms with Gasteiger partial charge < -0.3 is 5.11 Å². The predicted octanol–water partition coefficient (Wildman–Crippen LogP) is 2.66. The summed E-state index contributed by atoms with van der Waals surface area (Å²) in [6.45, 7) is 4.55. The molecule has 1 aliphatic heterocycles. The zero-order valence-corrected chi connectivity index (χ0v) is 11.4. The topological polar surface area (TPSA) is 40.5 Å². The van der Waals surface area contributed by atoms with Crippen molar-refractivity contribution in [1.82, 2.24) is 4.90 Å². The maximum atomic E-state index is 10.8. The van der Waals surface area contributed by atoms with E-state index in [-0.39, 0.29) is 5.92 Å². The summed E-state index contributed by atoms with van der Waals surface area (Å²) in [5.74, 6) is -0.573. The number of thiophene rings is 1. The average Bonchev–Trinajstić information content (AvgIpc) is 2.56. The van der Waals surface area contributed by atoms with Crippen molar-refractivity contribution in [3.63, 3.8) is 0 Å². The molecule has 0 saturated carbocycles. The molecular weight excluding hydrogens is 290 g/mol. The smallest absolute Gasteiger partial charge is 0.306 e. The van der Waals surface area contributed by atoms with Crippen LogP contribution in [0.5, 0.6) is 0 Å². The number of hydrogen-bond acceptors (Lipinski definition) is 3. The second-order valence-electron chi connectivity index (χ2n) is 4.29. The molecule has 16 heavy (non-hydrogen) atoms. The Balaban J connectivity index is 1.79. The Morgan fingerprint density at radius 2 is 2.38 bits per heavy atom. The molecule has 0 spiro atoms. The van der Waals surface area contributed by atoms with Gasteiger partial charge in [0.1, 0.15) is 0 Å². The van der Waals surface area contributed by atoms with E-state index < -0.39 is 5.97 Å². The maximum Gasteiger partial charge on any atom is 0.306 e. The Kier molecular flexibility index (Phi) is 3.66. The van der Waals surface area contributed by atoms with Crippen molar-refractivity contribution in [2.75, 3.05) is 13.1 Å². The largest absolute Gasteiger partial charge is 0.481 e. The van der Waals surface area contributed by atoms with Gasteiger partial charge in [0.2, 0.25) is 0 Å². The van der Waals surface area contributed by atoms with E-state index in [0.29, 0.717) is 5.92 Å². The third kappa shape index (κ3) is 2.64. The number of likely N-dealkylation sites (tertiary alicyclic amines) is 1. The molecule has 0 radical (unpaired) electrons. The molecule has 2 rings (SSSR count). The number of carboxylic acid groups (broad SMARTS) is 1. The number of carbonyl (C=O) groups is 1. The number of aliphatic carboxylic acids is 1. The summed E-state index contributed by atoms with van der Waals surface area (Å²) in [5.41, 5.74) is 0. The molecule has 1 aromatic heterocycles. The van der Waals surface area contributed by atoms with Crippen molar-refractivity contribution in [3.05, 3.63) is 20.8 Å². The minimum Gasteiger partial charge on any atom is -0.481 e. The van der Waals surface area contributed by atoms with Crippen molar-refractivity contribution in [2.45, 2.75) is 13.5 Å². The standard InChI is InChI=1S/C11H14BrNO2S/c1-7(11(14)15)8-4-13(5-8)6-9-2-3-10(12)16-9/h2-3,7-8H,4-6H2,1H3,(H,14,15). The molecule has 0 aliphatic carbocycles. The van der Waals surface area contributed by atoms with Crippen LogP contribution in [0.25, 0.3) is 0 Å². The minimum absolute atomic E-state index is 0.216. The van der Waals surface area contributed by atoms with Crippen molar-refractivity contribution in [2.24, 2.45) is 11.8 Å². The van der Waals surface area contributed by atoms with Crippen LogP contribution in [0.1, 0.15) is 11.8 Å². The third-order valence-electron chi connectivity index (χ3n) is 3.09. The quantitative estimate of drug-likeness (QED) is 0.929. The van der Waals surface area contributed by atoms with Gasteiger partial charge in [-0.05, 0) is 34.0 Å². The van der Waals surface area contributed by atoms with Crippen LogP contribution in [-0.4, -0.2) is 29.1 Å². The van der Waals surface area contributed by atoms with Gasteiger partial charge in [0.05, 0.1) is 9.70 Å². The van der Waals surface area contributed by atoms with Gasteiger partial charge in [0.15, 0.2) is 0 Å². The maximum absolute atomic E-state index is 10.8. The molecule has 1 fully saturated rings. The first-order valence-electron chi connectivity index (χ1n) is 5.25. The first kappa shape index (κ1) is 12.1. The lowest BCUT2D eigenvalue weighted by molar-refractivity contribution is -0.145. The van der Waals surface area contributed by atoms with Crippen molar-refractivity contribution in [1.29, 1.82) is 0 Å². The molecule has 0 bridgehead atoms. The molecule has 5 heteroatoms. The summed E-state index contributed by atoms with van der Waals surface area (Å²) < 4.78 is 1.15. The molecule has 1 saturated heterocycles. The first-order valence-corrected chi connectivity index (χ1v) is 6.86. The molecule has 0 aromatic carbocycles. The van der Waals surface area contributed by atoms with E-state index >= 15 is 0 Å². The molecule has 1 aromatic rings. The predicted molar refractivity (Wildman–Crippen MR) is 67.6 cm³/mol. The van der Waals surface area contributed by atoms with E-state index in [1.54, 1.807) is 18.3 Å². The third-order valence-corrected chi connectivity index (χ3v) is 4.70. The molecular formula is C11H14BrNO2S. The van der Waals surface area contributed by atoms with Crippen molar-refractivity contribution < 1.29 is 9.90 Å². The summed E-state index contributed by atoms with van der Waals surface area (Å²) in [6.07, 6.45) is 0. The molecule has 1 atom stereocenters. The normalized spacial score (nSPS) is 19.4. The molecule has 1 aliphatic rings. The van der Waals surface area contributed by atoms with Crippen LogP contribution in [0.4, 0.5) is 0 Å². The highest BCUT2D eigenvalue weighted by Gasteiger charge is 2.34. The van der Waals surface area contributed by atoms with E-state index in [4.69, 9.17) is 5.11 Å². The summed E-state index contributed by atoms with van der Waals surface area (Å²) in [6, 6.07) is 4.17. The van der Waals surface area contributed by atoms with E-state index in [0.717, 1.165) is 23.4 Å². The molecule has 0 amide bonds. The first-order chi connectivity index (χ1) is 7.56. The Hall–Kier alpha value is -0.390. The fraction of sp³-hybridized carbons (Fsp3) is 0.545. The molecule has 1 unspecified atom stereocenters. The van der Waals surface area contributed by atoms with Crippen molar-refractivity contribution >= 4 is 33.2 Å². The Bertz CT molecular complexity index is 387. The van der Waals surface area contributed by atoms with Gasteiger partial charge in [-0.3, -0.25) is 9.69 Å². The summed E-state index contributed by atoms with van der Waals surface area (Å²) in [5, 5.41) is 8.87. The summed E-state index contributed by atoms with van der Waals surface area (Å²) in [7, 11) is 0. The molecule has 3 nitrogen and oxygen atoms in total. The highest BCUT2D eigenvalue weighted by molar-refractivity contribution is 9.11.